The quantitative estimate of drug-likeness (QED) is 0.110. The predicted octanol–water partition coefficient (Wildman–Crippen LogP) is 7.51. The zero-order chi connectivity index (χ0) is 21.6. The molecular formula is C29H35ClP+. The maximum atomic E-state index is 5.76. The van der Waals surface area contributed by atoms with E-state index >= 15 is 0 Å². The third kappa shape index (κ3) is 6.80. The van der Waals surface area contributed by atoms with Gasteiger partial charge in [0.15, 0.2) is 0 Å². The van der Waals surface area contributed by atoms with Crippen LogP contribution in [0.1, 0.15) is 44.9 Å². The van der Waals surface area contributed by atoms with Gasteiger partial charge in [-0.15, -0.1) is 11.6 Å². The molecule has 0 spiro atoms. The fourth-order valence-corrected chi connectivity index (χ4v) is 8.45. The summed E-state index contributed by atoms with van der Waals surface area (Å²) >= 11 is 5.76. The lowest BCUT2D eigenvalue weighted by atomic mass is 10.1. The number of rotatable bonds is 13. The van der Waals surface area contributed by atoms with Crippen molar-refractivity contribution in [2.45, 2.75) is 44.9 Å². The number of allylic oxidation sites excluding steroid dienone is 2. The molecule has 3 aromatic rings. The number of hydrogen-bond acceptors (Lipinski definition) is 0. The van der Waals surface area contributed by atoms with E-state index in [0.29, 0.717) is 0 Å². The first-order valence-corrected chi connectivity index (χ1v) is 14.1. The van der Waals surface area contributed by atoms with Gasteiger partial charge < -0.3 is 0 Å². The van der Waals surface area contributed by atoms with Crippen molar-refractivity contribution in [2.75, 3.05) is 12.0 Å². The summed E-state index contributed by atoms with van der Waals surface area (Å²) in [7, 11) is -1.73. The van der Waals surface area contributed by atoms with Gasteiger partial charge in [0.1, 0.15) is 23.2 Å². The zero-order valence-electron chi connectivity index (χ0n) is 18.5. The molecule has 0 amide bonds. The van der Waals surface area contributed by atoms with Gasteiger partial charge in [-0.1, -0.05) is 92.4 Å². The predicted molar refractivity (Wildman–Crippen MR) is 142 cm³/mol. The fourth-order valence-electron chi connectivity index (χ4n) is 4.23. The van der Waals surface area contributed by atoms with Crippen LogP contribution in [0.25, 0.3) is 0 Å². The molecule has 0 aliphatic rings. The lowest BCUT2D eigenvalue weighted by molar-refractivity contribution is 0.612. The average molecular weight is 450 g/mol. The van der Waals surface area contributed by atoms with Crippen molar-refractivity contribution in [3.63, 3.8) is 0 Å². The third-order valence-corrected chi connectivity index (χ3v) is 10.5. The molecule has 0 N–H and O–H groups in total. The van der Waals surface area contributed by atoms with Crippen molar-refractivity contribution in [3.8, 4) is 0 Å². The summed E-state index contributed by atoms with van der Waals surface area (Å²) in [4.78, 5) is 0. The second-order valence-corrected chi connectivity index (χ2v) is 12.0. The molecule has 3 rings (SSSR count). The largest absolute Gasteiger partial charge is 0.127 e. The van der Waals surface area contributed by atoms with Crippen LogP contribution in [0.2, 0.25) is 0 Å². The highest BCUT2D eigenvalue weighted by molar-refractivity contribution is 7.95. The van der Waals surface area contributed by atoms with Gasteiger partial charge in [-0.2, -0.15) is 0 Å². The van der Waals surface area contributed by atoms with E-state index in [1.807, 2.05) is 0 Å². The summed E-state index contributed by atoms with van der Waals surface area (Å²) < 4.78 is 0. The van der Waals surface area contributed by atoms with E-state index in [1.54, 1.807) is 0 Å². The molecule has 0 heterocycles. The van der Waals surface area contributed by atoms with Crippen LogP contribution in [0, 0.1) is 0 Å². The SMILES string of the molecule is ClCCCCCCCCC=CC[P+](c1ccccc1)(c1ccccc1)c1ccccc1. The molecule has 0 radical (unpaired) electrons. The van der Waals surface area contributed by atoms with E-state index < -0.39 is 7.26 Å². The van der Waals surface area contributed by atoms with Crippen LogP contribution in [-0.4, -0.2) is 12.0 Å². The maximum Gasteiger partial charge on any atom is 0.115 e. The topological polar surface area (TPSA) is 0 Å². The van der Waals surface area contributed by atoms with Crippen LogP contribution in [0.5, 0.6) is 0 Å². The molecule has 0 nitrogen and oxygen atoms in total. The van der Waals surface area contributed by atoms with Crippen molar-refractivity contribution < 1.29 is 0 Å². The van der Waals surface area contributed by atoms with E-state index in [-0.39, 0.29) is 0 Å². The second kappa shape index (κ2) is 13.5. The molecular weight excluding hydrogens is 415 g/mol. The average Bonchev–Trinajstić information content (AvgIpc) is 2.84. The molecule has 0 aromatic heterocycles. The van der Waals surface area contributed by atoms with Crippen molar-refractivity contribution in [1.29, 1.82) is 0 Å². The second-order valence-electron chi connectivity index (χ2n) is 8.07. The van der Waals surface area contributed by atoms with Crippen molar-refractivity contribution >= 4 is 34.8 Å². The minimum absolute atomic E-state index is 0.803. The molecule has 0 atom stereocenters. The zero-order valence-corrected chi connectivity index (χ0v) is 20.2. The van der Waals surface area contributed by atoms with E-state index in [0.717, 1.165) is 18.5 Å². The Morgan fingerprint density at radius 1 is 0.516 bits per heavy atom. The Bertz CT molecular complexity index is 778. The molecule has 2 heteroatoms. The number of benzene rings is 3. The first kappa shape index (κ1) is 23.8. The van der Waals surface area contributed by atoms with E-state index in [1.165, 1.54) is 54.4 Å². The minimum atomic E-state index is -1.73. The Labute approximate surface area is 194 Å². The molecule has 31 heavy (non-hydrogen) atoms. The Morgan fingerprint density at radius 3 is 1.39 bits per heavy atom. The van der Waals surface area contributed by atoms with E-state index in [4.69, 9.17) is 11.6 Å². The van der Waals surface area contributed by atoms with Crippen molar-refractivity contribution in [2.24, 2.45) is 0 Å². The third-order valence-electron chi connectivity index (χ3n) is 5.89. The summed E-state index contributed by atoms with van der Waals surface area (Å²) in [5.41, 5.74) is 0. The standard InChI is InChI=1S/C29H35ClP/c30-25-17-6-4-2-1-3-5-7-18-26-31(27-19-11-8-12-20-27,28-21-13-9-14-22-28)29-23-15-10-16-24-29/h7-16,18-24H,1-6,17,25-26H2/q+1. The van der Waals surface area contributed by atoms with Gasteiger partial charge in [0.05, 0.1) is 6.16 Å². The molecule has 0 bridgehead atoms. The summed E-state index contributed by atoms with van der Waals surface area (Å²) in [5, 5.41) is 4.36. The van der Waals surface area contributed by atoms with Gasteiger partial charge >= 0.3 is 0 Å². The highest BCUT2D eigenvalue weighted by Crippen LogP contribution is 2.55. The Morgan fingerprint density at radius 2 is 0.935 bits per heavy atom. The summed E-state index contributed by atoms with van der Waals surface area (Å²) in [5.74, 6) is 0.803. The van der Waals surface area contributed by atoms with Crippen LogP contribution >= 0.6 is 18.9 Å². The first-order chi connectivity index (χ1) is 15.4. The molecule has 0 unspecified atom stereocenters. The molecule has 0 fully saturated rings. The number of halogens is 1. The Balaban J connectivity index is 1.77. The van der Waals surface area contributed by atoms with E-state index in [2.05, 4.69) is 103 Å². The van der Waals surface area contributed by atoms with Crippen LogP contribution < -0.4 is 15.9 Å². The lowest BCUT2D eigenvalue weighted by Crippen LogP contribution is -2.32. The summed E-state index contributed by atoms with van der Waals surface area (Å²) in [6, 6.07) is 33.4. The van der Waals surface area contributed by atoms with Gasteiger partial charge in [0.2, 0.25) is 0 Å². The molecule has 0 saturated carbocycles. The van der Waals surface area contributed by atoms with Crippen molar-refractivity contribution in [1.82, 2.24) is 0 Å². The lowest BCUT2D eigenvalue weighted by Gasteiger charge is -2.26. The smallest absolute Gasteiger partial charge is 0.115 e. The normalized spacial score (nSPS) is 11.8. The first-order valence-electron chi connectivity index (χ1n) is 11.6. The van der Waals surface area contributed by atoms with Gasteiger partial charge in [-0.25, -0.2) is 0 Å². The van der Waals surface area contributed by atoms with Gasteiger partial charge in [-0.05, 0) is 55.7 Å². The van der Waals surface area contributed by atoms with E-state index in [9.17, 15) is 0 Å². The van der Waals surface area contributed by atoms with Gasteiger partial charge in [0.25, 0.3) is 0 Å². The number of hydrogen-bond donors (Lipinski definition) is 0. The Hall–Kier alpha value is -1.88. The van der Waals surface area contributed by atoms with Crippen LogP contribution in [0.4, 0.5) is 0 Å². The van der Waals surface area contributed by atoms with Crippen LogP contribution in [0.3, 0.4) is 0 Å². The summed E-state index contributed by atoms with van der Waals surface area (Å²) in [6.45, 7) is 0. The monoisotopic (exact) mass is 449 g/mol. The van der Waals surface area contributed by atoms with Gasteiger partial charge in [0, 0.05) is 5.88 Å². The number of unbranched alkanes of at least 4 members (excludes halogenated alkanes) is 6. The van der Waals surface area contributed by atoms with Crippen LogP contribution in [-0.2, 0) is 0 Å². The van der Waals surface area contributed by atoms with Crippen molar-refractivity contribution in [3.05, 3.63) is 103 Å². The highest BCUT2D eigenvalue weighted by Gasteiger charge is 2.43. The molecule has 3 aromatic carbocycles. The molecule has 162 valence electrons. The fraction of sp³-hybridized carbons (Fsp3) is 0.310. The van der Waals surface area contributed by atoms with Crippen LogP contribution in [0.15, 0.2) is 103 Å². The molecule has 0 aliphatic heterocycles. The Kier molecular flexibility index (Phi) is 10.4. The summed E-state index contributed by atoms with van der Waals surface area (Å²) in [6.07, 6.45) is 14.8. The molecule has 0 aliphatic carbocycles. The van der Waals surface area contributed by atoms with Gasteiger partial charge in [-0.3, -0.25) is 0 Å². The molecule has 0 saturated heterocycles. The minimum Gasteiger partial charge on any atom is -0.127 e. The number of alkyl halides is 1. The maximum absolute atomic E-state index is 5.76. The highest BCUT2D eigenvalue weighted by atomic mass is 35.5.